The molecule has 1 saturated carbocycles. The third-order valence-corrected chi connectivity index (χ3v) is 2.65. The van der Waals surface area contributed by atoms with Gasteiger partial charge in [0.1, 0.15) is 6.04 Å². The lowest BCUT2D eigenvalue weighted by atomic mass is 10.1. The molecule has 1 aliphatic rings. The molecule has 0 aromatic rings. The van der Waals surface area contributed by atoms with Gasteiger partial charge in [0, 0.05) is 6.04 Å². The summed E-state index contributed by atoms with van der Waals surface area (Å²) in [5.41, 5.74) is 0. The van der Waals surface area contributed by atoms with Gasteiger partial charge < -0.3 is 10.1 Å². The zero-order valence-electron chi connectivity index (χ0n) is 8.67. The molecule has 2 atom stereocenters. The van der Waals surface area contributed by atoms with Crippen molar-refractivity contribution in [2.45, 2.75) is 45.2 Å². The lowest BCUT2D eigenvalue weighted by molar-refractivity contribution is -0.142. The molecule has 0 bridgehead atoms. The van der Waals surface area contributed by atoms with Crippen LogP contribution in [0, 0.1) is 5.92 Å². The van der Waals surface area contributed by atoms with Crippen LogP contribution in [0.3, 0.4) is 0 Å². The maximum absolute atomic E-state index is 11.1. The Hall–Kier alpha value is -0.570. The van der Waals surface area contributed by atoms with E-state index in [1.54, 1.807) is 0 Å². The van der Waals surface area contributed by atoms with Crippen LogP contribution in [0.1, 0.15) is 33.1 Å². The van der Waals surface area contributed by atoms with Gasteiger partial charge in [-0.25, -0.2) is 0 Å². The Morgan fingerprint density at radius 3 is 2.62 bits per heavy atom. The van der Waals surface area contributed by atoms with Gasteiger partial charge in [-0.05, 0) is 32.1 Å². The van der Waals surface area contributed by atoms with Crippen LogP contribution in [0.25, 0.3) is 0 Å². The van der Waals surface area contributed by atoms with E-state index in [-0.39, 0.29) is 12.0 Å². The fourth-order valence-electron chi connectivity index (χ4n) is 1.65. The number of rotatable bonds is 5. The molecule has 0 spiro atoms. The molecule has 0 saturated heterocycles. The fourth-order valence-corrected chi connectivity index (χ4v) is 1.65. The number of carbonyl (C=O) groups excluding carboxylic acids is 1. The van der Waals surface area contributed by atoms with Crippen LogP contribution >= 0.6 is 0 Å². The molecular formula is C10H19NO2. The van der Waals surface area contributed by atoms with Gasteiger partial charge in [-0.1, -0.05) is 6.92 Å². The first-order valence-corrected chi connectivity index (χ1v) is 5.03. The van der Waals surface area contributed by atoms with E-state index in [1.807, 2.05) is 6.92 Å². The Balaban J connectivity index is 2.31. The van der Waals surface area contributed by atoms with Gasteiger partial charge in [0.25, 0.3) is 0 Å². The quantitative estimate of drug-likeness (QED) is 0.657. The van der Waals surface area contributed by atoms with Crippen LogP contribution in [0.15, 0.2) is 0 Å². The van der Waals surface area contributed by atoms with Gasteiger partial charge in [0.05, 0.1) is 7.11 Å². The van der Waals surface area contributed by atoms with Crippen LogP contribution in [0.4, 0.5) is 0 Å². The average molecular weight is 185 g/mol. The summed E-state index contributed by atoms with van der Waals surface area (Å²) in [4.78, 5) is 11.1. The Kier molecular flexibility index (Phi) is 3.72. The van der Waals surface area contributed by atoms with Crippen molar-refractivity contribution in [3.63, 3.8) is 0 Å². The number of nitrogens with one attached hydrogen (secondary N) is 1. The standard InChI is InChI=1S/C10H19NO2/c1-4-9(8-5-6-8)11-7(2)10(12)13-3/h7-9,11H,4-6H2,1-3H3/t7-,9?/m0/s1. The van der Waals surface area contributed by atoms with Crippen molar-refractivity contribution in [2.24, 2.45) is 5.92 Å². The van der Waals surface area contributed by atoms with Crippen molar-refractivity contribution in [3.8, 4) is 0 Å². The number of methoxy groups -OCH3 is 1. The molecule has 1 N–H and O–H groups in total. The summed E-state index contributed by atoms with van der Waals surface area (Å²) in [6, 6.07) is 0.324. The lowest BCUT2D eigenvalue weighted by Gasteiger charge is -2.20. The summed E-state index contributed by atoms with van der Waals surface area (Å²) in [6.07, 6.45) is 3.70. The van der Waals surface area contributed by atoms with E-state index in [2.05, 4.69) is 17.0 Å². The molecule has 1 fully saturated rings. The minimum atomic E-state index is -0.171. The average Bonchev–Trinajstić information content (AvgIpc) is 2.95. The number of esters is 1. The number of carbonyl (C=O) groups is 1. The van der Waals surface area contributed by atoms with Crippen molar-refractivity contribution < 1.29 is 9.53 Å². The lowest BCUT2D eigenvalue weighted by Crippen LogP contribution is -2.42. The topological polar surface area (TPSA) is 38.3 Å². The van der Waals surface area contributed by atoms with Crippen molar-refractivity contribution in [1.29, 1.82) is 0 Å². The van der Waals surface area contributed by atoms with Crippen molar-refractivity contribution >= 4 is 5.97 Å². The van der Waals surface area contributed by atoms with E-state index in [1.165, 1.54) is 20.0 Å². The Morgan fingerprint density at radius 2 is 2.23 bits per heavy atom. The molecule has 76 valence electrons. The maximum Gasteiger partial charge on any atom is 0.322 e. The van der Waals surface area contributed by atoms with E-state index in [0.29, 0.717) is 6.04 Å². The first kappa shape index (κ1) is 10.5. The molecule has 1 unspecified atom stereocenters. The highest BCUT2D eigenvalue weighted by atomic mass is 16.5. The molecule has 3 heteroatoms. The smallest absolute Gasteiger partial charge is 0.322 e. The van der Waals surface area contributed by atoms with Crippen molar-refractivity contribution in [3.05, 3.63) is 0 Å². The third kappa shape index (κ3) is 2.99. The molecule has 1 aliphatic carbocycles. The van der Waals surface area contributed by atoms with E-state index in [9.17, 15) is 4.79 Å². The van der Waals surface area contributed by atoms with Crippen molar-refractivity contribution in [1.82, 2.24) is 5.32 Å². The normalized spacial score (nSPS) is 20.8. The van der Waals surface area contributed by atoms with E-state index < -0.39 is 0 Å². The highest BCUT2D eigenvalue weighted by Crippen LogP contribution is 2.34. The summed E-state index contributed by atoms with van der Waals surface area (Å²) < 4.78 is 4.66. The molecule has 1 rings (SSSR count). The summed E-state index contributed by atoms with van der Waals surface area (Å²) in [6.45, 7) is 4.01. The first-order valence-electron chi connectivity index (χ1n) is 5.03. The molecule has 0 heterocycles. The Labute approximate surface area is 79.8 Å². The fraction of sp³-hybridized carbons (Fsp3) is 0.900. The van der Waals surface area contributed by atoms with Crippen molar-refractivity contribution in [2.75, 3.05) is 7.11 Å². The van der Waals surface area contributed by atoms with E-state index in [0.717, 1.165) is 12.3 Å². The van der Waals surface area contributed by atoms with Gasteiger partial charge in [0.2, 0.25) is 0 Å². The summed E-state index contributed by atoms with van der Waals surface area (Å²) in [5, 5.41) is 3.30. The zero-order valence-corrected chi connectivity index (χ0v) is 8.67. The molecule has 0 aromatic heterocycles. The molecule has 13 heavy (non-hydrogen) atoms. The monoisotopic (exact) mass is 185 g/mol. The zero-order chi connectivity index (χ0) is 9.84. The number of hydrogen-bond acceptors (Lipinski definition) is 3. The predicted molar refractivity (Wildman–Crippen MR) is 51.4 cm³/mol. The third-order valence-electron chi connectivity index (χ3n) is 2.65. The predicted octanol–water partition coefficient (Wildman–Crippen LogP) is 1.33. The Bertz CT molecular complexity index is 178. The summed E-state index contributed by atoms with van der Waals surface area (Å²) in [7, 11) is 1.43. The highest BCUT2D eigenvalue weighted by Gasteiger charge is 2.31. The molecule has 3 nitrogen and oxygen atoms in total. The van der Waals surface area contributed by atoms with Crippen LogP contribution < -0.4 is 5.32 Å². The SMILES string of the molecule is CCC(N[C@@H](C)C(=O)OC)C1CC1. The van der Waals surface area contributed by atoms with E-state index >= 15 is 0 Å². The summed E-state index contributed by atoms with van der Waals surface area (Å²) in [5.74, 6) is 0.621. The second-order valence-corrected chi connectivity index (χ2v) is 3.76. The van der Waals surface area contributed by atoms with Crippen LogP contribution in [0.5, 0.6) is 0 Å². The largest absolute Gasteiger partial charge is 0.468 e. The van der Waals surface area contributed by atoms with Gasteiger partial charge >= 0.3 is 5.97 Å². The van der Waals surface area contributed by atoms with Crippen LogP contribution in [-0.4, -0.2) is 25.2 Å². The van der Waals surface area contributed by atoms with Gasteiger partial charge in [0.15, 0.2) is 0 Å². The highest BCUT2D eigenvalue weighted by molar-refractivity contribution is 5.75. The first-order chi connectivity index (χ1) is 6.19. The Morgan fingerprint density at radius 1 is 1.62 bits per heavy atom. The minimum Gasteiger partial charge on any atom is -0.468 e. The second kappa shape index (κ2) is 4.61. The molecular weight excluding hydrogens is 166 g/mol. The van der Waals surface area contributed by atoms with Gasteiger partial charge in [-0.15, -0.1) is 0 Å². The molecule has 0 amide bonds. The molecule has 0 aromatic carbocycles. The molecule has 0 radical (unpaired) electrons. The number of ether oxygens (including phenoxy) is 1. The number of hydrogen-bond donors (Lipinski definition) is 1. The minimum absolute atomic E-state index is 0.167. The second-order valence-electron chi connectivity index (χ2n) is 3.76. The van der Waals surface area contributed by atoms with Gasteiger partial charge in [-0.2, -0.15) is 0 Å². The van der Waals surface area contributed by atoms with Gasteiger partial charge in [-0.3, -0.25) is 4.79 Å². The maximum atomic E-state index is 11.1. The summed E-state index contributed by atoms with van der Waals surface area (Å²) >= 11 is 0. The van der Waals surface area contributed by atoms with Crippen LogP contribution in [-0.2, 0) is 9.53 Å². The van der Waals surface area contributed by atoms with E-state index in [4.69, 9.17) is 0 Å². The molecule has 0 aliphatic heterocycles. The van der Waals surface area contributed by atoms with Crippen LogP contribution in [0.2, 0.25) is 0 Å².